The highest BCUT2D eigenvalue weighted by atomic mass is 16.5. The molecule has 6 heteroatoms. The van der Waals surface area contributed by atoms with Crippen LogP contribution < -0.4 is 10.9 Å². The third kappa shape index (κ3) is 4.20. The predicted molar refractivity (Wildman–Crippen MR) is 68.8 cm³/mol. The zero-order valence-electron chi connectivity index (χ0n) is 10.9. The second-order valence-corrected chi connectivity index (χ2v) is 4.30. The monoisotopic (exact) mass is 253 g/mol. The molecule has 100 valence electrons. The van der Waals surface area contributed by atoms with Crippen LogP contribution in [0.2, 0.25) is 0 Å². The Morgan fingerprint density at radius 1 is 1.56 bits per heavy atom. The van der Waals surface area contributed by atoms with Crippen LogP contribution in [0.4, 0.5) is 5.95 Å². The van der Waals surface area contributed by atoms with Crippen LogP contribution >= 0.6 is 0 Å². The van der Waals surface area contributed by atoms with E-state index >= 15 is 0 Å². The molecule has 0 aromatic carbocycles. The highest BCUT2D eigenvalue weighted by Gasteiger charge is 2.12. The van der Waals surface area contributed by atoms with Crippen LogP contribution in [0, 0.1) is 5.92 Å². The molecule has 0 bridgehead atoms. The van der Waals surface area contributed by atoms with E-state index in [1.165, 1.54) is 6.20 Å². The summed E-state index contributed by atoms with van der Waals surface area (Å²) in [6.07, 6.45) is 2.21. The molecule has 0 aliphatic rings. The topological polar surface area (TPSA) is 84.1 Å². The van der Waals surface area contributed by atoms with Crippen LogP contribution in [0.1, 0.15) is 37.6 Å². The number of H-pyrrole nitrogens is 1. The standard InChI is InChI=1S/C12H19N3O3/c1-4-18-11(17)9-7-14-12(15-10(9)16)13-6-5-8(2)3/h7-8H,4-6H2,1-3H3,(H2,13,14,15,16). The summed E-state index contributed by atoms with van der Waals surface area (Å²) in [5.74, 6) is 0.289. The molecule has 1 aromatic rings. The Morgan fingerprint density at radius 3 is 2.83 bits per heavy atom. The molecule has 0 radical (unpaired) electrons. The van der Waals surface area contributed by atoms with E-state index in [1.807, 2.05) is 0 Å². The van der Waals surface area contributed by atoms with Gasteiger partial charge < -0.3 is 10.1 Å². The molecule has 0 amide bonds. The molecule has 0 saturated heterocycles. The predicted octanol–water partition coefficient (Wildman–Crippen LogP) is 1.40. The lowest BCUT2D eigenvalue weighted by Crippen LogP contribution is -2.22. The highest BCUT2D eigenvalue weighted by molar-refractivity contribution is 5.88. The van der Waals surface area contributed by atoms with Crippen molar-refractivity contribution in [2.24, 2.45) is 5.92 Å². The van der Waals surface area contributed by atoms with Gasteiger partial charge >= 0.3 is 5.97 Å². The van der Waals surface area contributed by atoms with E-state index in [2.05, 4.69) is 29.1 Å². The lowest BCUT2D eigenvalue weighted by atomic mass is 10.1. The summed E-state index contributed by atoms with van der Waals surface area (Å²) in [6, 6.07) is 0. The molecule has 0 aliphatic heterocycles. The normalized spacial score (nSPS) is 10.4. The van der Waals surface area contributed by atoms with Crippen LogP contribution in [0.5, 0.6) is 0 Å². The van der Waals surface area contributed by atoms with Crippen LogP contribution in [0.3, 0.4) is 0 Å². The van der Waals surface area contributed by atoms with Crippen LogP contribution in [0.25, 0.3) is 0 Å². The van der Waals surface area contributed by atoms with Gasteiger partial charge in [-0.15, -0.1) is 0 Å². The summed E-state index contributed by atoms with van der Waals surface area (Å²) >= 11 is 0. The van der Waals surface area contributed by atoms with Crippen molar-refractivity contribution < 1.29 is 9.53 Å². The number of hydrogen-bond acceptors (Lipinski definition) is 5. The Balaban J connectivity index is 2.68. The molecule has 1 rings (SSSR count). The van der Waals surface area contributed by atoms with Crippen molar-refractivity contribution in [1.82, 2.24) is 9.97 Å². The summed E-state index contributed by atoms with van der Waals surface area (Å²) in [6.45, 7) is 6.86. The number of nitrogens with one attached hydrogen (secondary N) is 2. The average Bonchev–Trinajstić information content (AvgIpc) is 2.28. The van der Waals surface area contributed by atoms with E-state index < -0.39 is 11.5 Å². The summed E-state index contributed by atoms with van der Waals surface area (Å²) in [5, 5.41) is 3.00. The lowest BCUT2D eigenvalue weighted by Gasteiger charge is -2.07. The van der Waals surface area contributed by atoms with Crippen molar-refractivity contribution in [3.8, 4) is 0 Å². The summed E-state index contributed by atoms with van der Waals surface area (Å²) in [4.78, 5) is 29.5. The van der Waals surface area contributed by atoms with Gasteiger partial charge in [0.15, 0.2) is 0 Å². The van der Waals surface area contributed by atoms with Crippen molar-refractivity contribution in [3.63, 3.8) is 0 Å². The summed E-state index contributed by atoms with van der Waals surface area (Å²) < 4.78 is 4.74. The Bertz CT molecular complexity index is 454. The van der Waals surface area contributed by atoms with Crippen molar-refractivity contribution in [1.29, 1.82) is 0 Å². The van der Waals surface area contributed by atoms with E-state index in [9.17, 15) is 9.59 Å². The van der Waals surface area contributed by atoms with E-state index in [0.29, 0.717) is 11.9 Å². The van der Waals surface area contributed by atoms with Gasteiger partial charge in [-0.25, -0.2) is 9.78 Å². The molecule has 0 fully saturated rings. The Labute approximate surface area is 106 Å². The minimum absolute atomic E-state index is 0.0775. The van der Waals surface area contributed by atoms with Gasteiger partial charge in [0.25, 0.3) is 5.56 Å². The van der Waals surface area contributed by atoms with Gasteiger partial charge in [0.05, 0.1) is 12.8 Å². The third-order valence-electron chi connectivity index (χ3n) is 2.31. The molecule has 0 unspecified atom stereocenters. The fraction of sp³-hybridized carbons (Fsp3) is 0.583. The minimum atomic E-state index is -0.653. The third-order valence-corrected chi connectivity index (χ3v) is 2.31. The molecule has 18 heavy (non-hydrogen) atoms. The van der Waals surface area contributed by atoms with Gasteiger partial charge in [-0.1, -0.05) is 13.8 Å². The molecule has 2 N–H and O–H groups in total. The van der Waals surface area contributed by atoms with E-state index in [1.54, 1.807) is 6.92 Å². The van der Waals surface area contributed by atoms with Crippen molar-refractivity contribution >= 4 is 11.9 Å². The largest absolute Gasteiger partial charge is 0.462 e. The maximum atomic E-state index is 11.6. The fourth-order valence-corrected chi connectivity index (χ4v) is 1.32. The smallest absolute Gasteiger partial charge is 0.345 e. The minimum Gasteiger partial charge on any atom is -0.462 e. The van der Waals surface area contributed by atoms with Gasteiger partial charge in [0.1, 0.15) is 5.56 Å². The van der Waals surface area contributed by atoms with Crippen molar-refractivity contribution in [3.05, 3.63) is 22.1 Å². The molecule has 0 aliphatic carbocycles. The zero-order chi connectivity index (χ0) is 13.5. The SMILES string of the molecule is CCOC(=O)c1cnc(NCCC(C)C)[nH]c1=O. The number of carbonyl (C=O) groups excluding carboxylic acids is 1. The van der Waals surface area contributed by atoms with Crippen LogP contribution in [-0.4, -0.2) is 29.1 Å². The number of ether oxygens (including phenoxy) is 1. The molecule has 0 saturated carbocycles. The van der Waals surface area contributed by atoms with Crippen LogP contribution in [-0.2, 0) is 4.74 Å². The first-order valence-electron chi connectivity index (χ1n) is 6.05. The Kier molecular flexibility index (Phi) is 5.35. The zero-order valence-corrected chi connectivity index (χ0v) is 10.9. The van der Waals surface area contributed by atoms with Gasteiger partial charge in [-0.3, -0.25) is 9.78 Å². The number of esters is 1. The van der Waals surface area contributed by atoms with Crippen molar-refractivity contribution in [2.75, 3.05) is 18.5 Å². The lowest BCUT2D eigenvalue weighted by molar-refractivity contribution is 0.0524. The Hall–Kier alpha value is -1.85. The van der Waals surface area contributed by atoms with Gasteiger partial charge in [0.2, 0.25) is 5.95 Å². The summed E-state index contributed by atoms with van der Waals surface area (Å²) in [7, 11) is 0. The highest BCUT2D eigenvalue weighted by Crippen LogP contribution is 2.01. The number of rotatable bonds is 6. The number of aromatic nitrogens is 2. The average molecular weight is 253 g/mol. The molecule has 6 nitrogen and oxygen atoms in total. The number of aromatic amines is 1. The fourth-order valence-electron chi connectivity index (χ4n) is 1.32. The quantitative estimate of drug-likeness (QED) is 0.749. The van der Waals surface area contributed by atoms with E-state index in [-0.39, 0.29) is 12.2 Å². The number of carbonyl (C=O) groups is 1. The number of hydrogen-bond donors (Lipinski definition) is 2. The number of anilines is 1. The van der Waals surface area contributed by atoms with Crippen LogP contribution in [0.15, 0.2) is 11.0 Å². The second-order valence-electron chi connectivity index (χ2n) is 4.30. The first-order valence-corrected chi connectivity index (χ1v) is 6.05. The molecule has 0 spiro atoms. The van der Waals surface area contributed by atoms with Gasteiger partial charge in [0, 0.05) is 6.54 Å². The van der Waals surface area contributed by atoms with Gasteiger partial charge in [-0.2, -0.15) is 0 Å². The van der Waals surface area contributed by atoms with E-state index in [0.717, 1.165) is 13.0 Å². The summed E-state index contributed by atoms with van der Waals surface area (Å²) in [5.41, 5.74) is -0.568. The molecule has 0 atom stereocenters. The Morgan fingerprint density at radius 2 is 2.28 bits per heavy atom. The van der Waals surface area contributed by atoms with Gasteiger partial charge in [-0.05, 0) is 19.3 Å². The first kappa shape index (κ1) is 14.2. The first-order chi connectivity index (χ1) is 8.54. The number of nitrogens with zero attached hydrogens (tertiary/aromatic N) is 1. The molecular formula is C12H19N3O3. The molecule has 1 heterocycles. The molecule has 1 aromatic heterocycles. The second kappa shape index (κ2) is 6.78. The maximum Gasteiger partial charge on any atom is 0.345 e. The molecular weight excluding hydrogens is 234 g/mol. The van der Waals surface area contributed by atoms with E-state index in [4.69, 9.17) is 4.74 Å². The maximum absolute atomic E-state index is 11.6. The van der Waals surface area contributed by atoms with Crippen molar-refractivity contribution in [2.45, 2.75) is 27.2 Å².